The molecule has 0 fully saturated rings. The maximum Gasteiger partial charge on any atom is 0.185 e. The first-order chi connectivity index (χ1) is 8.70. The Labute approximate surface area is 104 Å². The van der Waals surface area contributed by atoms with Crippen molar-refractivity contribution < 1.29 is 9.26 Å². The van der Waals surface area contributed by atoms with Gasteiger partial charge < -0.3 is 20.0 Å². The fraction of sp³-hybridized carbons (Fsp3) is 0.154. The Morgan fingerprint density at radius 1 is 1.39 bits per heavy atom. The van der Waals surface area contributed by atoms with Crippen LogP contribution in [0.3, 0.4) is 0 Å². The highest BCUT2D eigenvalue weighted by atomic mass is 16.5. The average Bonchev–Trinajstić information content (AvgIpc) is 2.96. The number of rotatable bonds is 2. The second-order valence-electron chi connectivity index (χ2n) is 4.17. The van der Waals surface area contributed by atoms with E-state index in [9.17, 15) is 0 Å². The Morgan fingerprint density at radius 3 is 2.89 bits per heavy atom. The van der Waals surface area contributed by atoms with Crippen molar-refractivity contribution >= 4 is 16.6 Å². The molecule has 0 aliphatic rings. The number of nitrogen functional groups attached to an aromatic ring is 1. The average molecular weight is 243 g/mol. The minimum Gasteiger partial charge on any atom is -0.495 e. The van der Waals surface area contributed by atoms with Gasteiger partial charge in [-0.1, -0.05) is 5.16 Å². The molecule has 0 saturated heterocycles. The van der Waals surface area contributed by atoms with Crippen molar-refractivity contribution in [1.29, 1.82) is 0 Å². The van der Waals surface area contributed by atoms with E-state index in [4.69, 9.17) is 15.0 Å². The Kier molecular flexibility index (Phi) is 2.26. The molecular formula is C13H13N3O2. The van der Waals surface area contributed by atoms with Crippen LogP contribution in [0, 0.1) is 6.92 Å². The van der Waals surface area contributed by atoms with Gasteiger partial charge in [-0.05, 0) is 25.1 Å². The number of nitrogens with two attached hydrogens (primary N) is 1. The van der Waals surface area contributed by atoms with Crippen LogP contribution in [-0.2, 0) is 0 Å². The summed E-state index contributed by atoms with van der Waals surface area (Å²) in [6, 6.07) is 5.61. The summed E-state index contributed by atoms with van der Waals surface area (Å²) in [7, 11) is 1.63. The van der Waals surface area contributed by atoms with E-state index < -0.39 is 0 Å². The van der Waals surface area contributed by atoms with Gasteiger partial charge >= 0.3 is 0 Å². The SMILES string of the molecule is COc1ccc(N)c2cc(-c3oncc3C)[nH]c12. The zero-order valence-corrected chi connectivity index (χ0v) is 10.2. The molecule has 0 atom stereocenters. The molecule has 0 amide bonds. The molecule has 18 heavy (non-hydrogen) atoms. The van der Waals surface area contributed by atoms with E-state index in [0.717, 1.165) is 27.9 Å². The summed E-state index contributed by atoms with van der Waals surface area (Å²) in [5, 5.41) is 4.69. The first-order valence-corrected chi connectivity index (χ1v) is 5.57. The van der Waals surface area contributed by atoms with Crippen molar-refractivity contribution in [3.8, 4) is 17.2 Å². The molecule has 92 valence electrons. The maximum atomic E-state index is 5.96. The lowest BCUT2D eigenvalue weighted by molar-refractivity contribution is 0.419. The highest BCUT2D eigenvalue weighted by molar-refractivity contribution is 5.98. The third kappa shape index (κ3) is 1.44. The molecule has 0 aliphatic heterocycles. The summed E-state index contributed by atoms with van der Waals surface area (Å²) in [6.07, 6.45) is 1.68. The van der Waals surface area contributed by atoms with Gasteiger partial charge in [-0.15, -0.1) is 0 Å². The Hall–Kier alpha value is -2.43. The van der Waals surface area contributed by atoms with Crippen LogP contribution in [0.1, 0.15) is 5.56 Å². The number of nitrogens with zero attached hydrogens (tertiary/aromatic N) is 1. The van der Waals surface area contributed by atoms with E-state index in [1.165, 1.54) is 0 Å². The number of H-pyrrole nitrogens is 1. The van der Waals surface area contributed by atoms with Gasteiger partial charge in [0.15, 0.2) is 5.76 Å². The van der Waals surface area contributed by atoms with Gasteiger partial charge in [0, 0.05) is 16.6 Å². The van der Waals surface area contributed by atoms with Crippen LogP contribution in [0.15, 0.2) is 28.9 Å². The van der Waals surface area contributed by atoms with Crippen LogP contribution < -0.4 is 10.5 Å². The number of nitrogens with one attached hydrogen (secondary N) is 1. The van der Waals surface area contributed by atoms with Crippen molar-refractivity contribution in [2.75, 3.05) is 12.8 Å². The fourth-order valence-electron chi connectivity index (χ4n) is 2.06. The summed E-state index contributed by atoms with van der Waals surface area (Å²) in [4.78, 5) is 3.26. The summed E-state index contributed by atoms with van der Waals surface area (Å²) in [5.74, 6) is 1.47. The quantitative estimate of drug-likeness (QED) is 0.678. The molecular weight excluding hydrogens is 230 g/mol. The highest BCUT2D eigenvalue weighted by Gasteiger charge is 2.14. The third-order valence-corrected chi connectivity index (χ3v) is 3.00. The predicted octanol–water partition coefficient (Wildman–Crippen LogP) is 2.72. The van der Waals surface area contributed by atoms with Gasteiger partial charge in [0.25, 0.3) is 0 Å². The summed E-state index contributed by atoms with van der Waals surface area (Å²) >= 11 is 0. The second-order valence-corrected chi connectivity index (χ2v) is 4.17. The first kappa shape index (κ1) is 10.7. The lowest BCUT2D eigenvalue weighted by Gasteiger charge is -2.02. The lowest BCUT2D eigenvalue weighted by Crippen LogP contribution is -1.88. The number of ether oxygens (including phenoxy) is 1. The second kappa shape index (κ2) is 3.80. The van der Waals surface area contributed by atoms with Crippen LogP contribution in [-0.4, -0.2) is 17.3 Å². The largest absolute Gasteiger partial charge is 0.495 e. The van der Waals surface area contributed by atoms with Crippen LogP contribution >= 0.6 is 0 Å². The number of methoxy groups -OCH3 is 1. The molecule has 0 unspecified atom stereocenters. The van der Waals surface area contributed by atoms with E-state index in [1.807, 2.05) is 25.1 Å². The lowest BCUT2D eigenvalue weighted by atomic mass is 10.2. The number of aromatic amines is 1. The molecule has 2 heterocycles. The van der Waals surface area contributed by atoms with Crippen LogP contribution in [0.2, 0.25) is 0 Å². The van der Waals surface area contributed by atoms with E-state index in [1.54, 1.807) is 13.3 Å². The van der Waals surface area contributed by atoms with Gasteiger partial charge in [0.2, 0.25) is 0 Å². The van der Waals surface area contributed by atoms with E-state index >= 15 is 0 Å². The Bertz CT molecular complexity index is 712. The number of hydrogen-bond donors (Lipinski definition) is 2. The zero-order valence-electron chi connectivity index (χ0n) is 10.2. The molecule has 3 rings (SSSR count). The van der Waals surface area contributed by atoms with E-state index in [-0.39, 0.29) is 0 Å². The predicted molar refractivity (Wildman–Crippen MR) is 69.5 cm³/mol. The number of hydrogen-bond acceptors (Lipinski definition) is 4. The van der Waals surface area contributed by atoms with Crippen molar-refractivity contribution in [3.05, 3.63) is 30.0 Å². The van der Waals surface area contributed by atoms with Gasteiger partial charge in [0.05, 0.1) is 24.5 Å². The monoisotopic (exact) mass is 243 g/mol. The van der Waals surface area contributed by atoms with E-state index in [2.05, 4.69) is 10.1 Å². The number of aryl methyl sites for hydroxylation is 1. The Morgan fingerprint density at radius 2 is 2.22 bits per heavy atom. The minimum absolute atomic E-state index is 0.700. The zero-order chi connectivity index (χ0) is 12.7. The summed E-state index contributed by atoms with van der Waals surface area (Å²) < 4.78 is 10.5. The van der Waals surface area contributed by atoms with Crippen LogP contribution in [0.5, 0.6) is 5.75 Å². The third-order valence-electron chi connectivity index (χ3n) is 3.00. The fourth-order valence-corrected chi connectivity index (χ4v) is 2.06. The molecule has 5 nitrogen and oxygen atoms in total. The minimum atomic E-state index is 0.700. The van der Waals surface area contributed by atoms with Gasteiger partial charge in [-0.2, -0.15) is 0 Å². The standard InChI is InChI=1S/C13H13N3O2/c1-7-6-15-18-13(7)10-5-8-9(14)3-4-11(17-2)12(8)16-10/h3-6,16H,14H2,1-2H3. The Balaban J connectivity index is 2.28. The molecule has 5 heteroatoms. The molecule has 0 bridgehead atoms. The van der Waals surface area contributed by atoms with Crippen molar-refractivity contribution in [3.63, 3.8) is 0 Å². The van der Waals surface area contributed by atoms with Gasteiger partial charge in [-0.25, -0.2) is 0 Å². The molecule has 3 aromatic rings. The van der Waals surface area contributed by atoms with Gasteiger partial charge in [-0.3, -0.25) is 0 Å². The van der Waals surface area contributed by atoms with Crippen molar-refractivity contribution in [2.24, 2.45) is 0 Å². The number of anilines is 1. The molecule has 0 aliphatic carbocycles. The van der Waals surface area contributed by atoms with Crippen LogP contribution in [0.4, 0.5) is 5.69 Å². The smallest absolute Gasteiger partial charge is 0.185 e. The molecule has 0 saturated carbocycles. The number of aromatic nitrogens is 2. The van der Waals surface area contributed by atoms with E-state index in [0.29, 0.717) is 11.4 Å². The molecule has 0 spiro atoms. The first-order valence-electron chi connectivity index (χ1n) is 5.57. The number of fused-ring (bicyclic) bond motifs is 1. The number of benzene rings is 1. The normalized spacial score (nSPS) is 11.0. The van der Waals surface area contributed by atoms with Crippen LogP contribution in [0.25, 0.3) is 22.4 Å². The maximum absolute atomic E-state index is 5.96. The summed E-state index contributed by atoms with van der Waals surface area (Å²) in [5.41, 5.74) is 9.34. The van der Waals surface area contributed by atoms with Gasteiger partial charge in [0.1, 0.15) is 5.75 Å². The molecule has 3 N–H and O–H groups in total. The molecule has 2 aromatic heterocycles. The molecule has 1 aromatic carbocycles. The highest BCUT2D eigenvalue weighted by Crippen LogP contribution is 2.34. The summed E-state index contributed by atoms with van der Waals surface area (Å²) in [6.45, 7) is 1.94. The topological polar surface area (TPSA) is 77.1 Å². The van der Waals surface area contributed by atoms with Crippen molar-refractivity contribution in [1.82, 2.24) is 10.1 Å². The van der Waals surface area contributed by atoms with Crippen molar-refractivity contribution in [2.45, 2.75) is 6.92 Å². The molecule has 0 radical (unpaired) electrons.